The lowest BCUT2D eigenvalue weighted by atomic mass is 9.62. The fourth-order valence-electron chi connectivity index (χ4n) is 7.46. The van der Waals surface area contributed by atoms with Gasteiger partial charge in [0.2, 0.25) is 0 Å². The third kappa shape index (κ3) is 9.65. The Morgan fingerprint density at radius 1 is 1.20 bits per heavy atom. The molecule has 3 N–H and O–H groups in total. The molecule has 0 spiro atoms. The van der Waals surface area contributed by atoms with Gasteiger partial charge in [0, 0.05) is 43.4 Å². The van der Waals surface area contributed by atoms with Crippen LogP contribution in [0.3, 0.4) is 0 Å². The second-order valence-electron chi connectivity index (χ2n) is 14.6. The first-order valence-corrected chi connectivity index (χ1v) is 17.7. The van der Waals surface area contributed by atoms with Gasteiger partial charge >= 0.3 is 5.97 Å². The number of terminal acetylenes is 1. The Hall–Kier alpha value is -3.40. The van der Waals surface area contributed by atoms with Crippen LogP contribution in [0.2, 0.25) is 5.82 Å². The van der Waals surface area contributed by atoms with E-state index in [-0.39, 0.29) is 29.6 Å². The van der Waals surface area contributed by atoms with Gasteiger partial charge in [0.05, 0.1) is 17.8 Å². The number of carbonyl (C=O) groups excluding carboxylic acids is 2. The summed E-state index contributed by atoms with van der Waals surface area (Å²) in [5.74, 6) is -1.98. The summed E-state index contributed by atoms with van der Waals surface area (Å²) >= 11 is 0. The summed E-state index contributed by atoms with van der Waals surface area (Å²) in [5, 5.41) is 12.4. The number of hydrogen-bond acceptors (Lipinski definition) is 10. The standard InChI is InChI=1S/C37H59BN6O5/c1-11-31-37(8,48-12-2)34(40-18-13-14-19-44-23-30(41-42-44)28-16-15-17-29(39)20-28)27(6)43(9)22-24(3)21-36(7,47-10)33(38)25(4)32(45)26(5)35(46)49-31/h2,15-17,20,23-27,31,33-34,40H,11,13-14,18-19,21-22,38-39H2,1,3-10H3/t24-,25+,26-,27-,31-,33-,34-,36-,37-/m1/s1. The van der Waals surface area contributed by atoms with Crippen LogP contribution in [0.15, 0.2) is 30.5 Å². The van der Waals surface area contributed by atoms with Crippen LogP contribution >= 0.6 is 0 Å². The van der Waals surface area contributed by atoms with Crippen molar-refractivity contribution in [2.75, 3.05) is 33.0 Å². The summed E-state index contributed by atoms with van der Waals surface area (Å²) in [6.45, 7) is 15.9. The average molecular weight is 679 g/mol. The highest BCUT2D eigenvalue weighted by molar-refractivity contribution is 6.15. The molecule has 0 radical (unpaired) electrons. The van der Waals surface area contributed by atoms with Gasteiger partial charge in [0.25, 0.3) is 0 Å². The number of nitrogens with zero attached hydrogens (tertiary/aromatic N) is 4. The van der Waals surface area contributed by atoms with Crippen molar-refractivity contribution in [1.29, 1.82) is 0 Å². The minimum absolute atomic E-state index is 0.0703. The lowest BCUT2D eigenvalue weighted by Crippen LogP contribution is -2.65. The van der Waals surface area contributed by atoms with Gasteiger partial charge in [-0.1, -0.05) is 44.5 Å². The van der Waals surface area contributed by atoms with Crippen LogP contribution in [0.25, 0.3) is 11.3 Å². The number of methoxy groups -OCH3 is 1. The third-order valence-corrected chi connectivity index (χ3v) is 11.0. The first kappa shape index (κ1) is 40.0. The Morgan fingerprint density at radius 3 is 2.55 bits per heavy atom. The molecule has 1 aromatic heterocycles. The molecule has 1 fully saturated rings. The second kappa shape index (κ2) is 17.5. The number of esters is 1. The first-order valence-electron chi connectivity index (χ1n) is 17.7. The zero-order valence-electron chi connectivity index (χ0n) is 31.4. The molecule has 1 aliphatic rings. The molecular weight excluding hydrogens is 619 g/mol. The number of benzene rings is 1. The number of cyclic esters (lactones) is 1. The molecule has 0 amide bonds. The van der Waals surface area contributed by atoms with Crippen LogP contribution in [-0.4, -0.2) is 96.1 Å². The number of carbonyl (C=O) groups is 2. The molecule has 2 aromatic rings. The smallest absolute Gasteiger partial charge is 0.316 e. The topological polar surface area (TPSA) is 134 Å². The van der Waals surface area contributed by atoms with Crippen LogP contribution in [0.4, 0.5) is 5.69 Å². The lowest BCUT2D eigenvalue weighted by Gasteiger charge is -2.46. The van der Waals surface area contributed by atoms with E-state index in [0.29, 0.717) is 25.2 Å². The Labute approximate surface area is 294 Å². The average Bonchev–Trinajstić information content (AvgIpc) is 3.55. The van der Waals surface area contributed by atoms with E-state index < -0.39 is 35.1 Å². The molecule has 49 heavy (non-hydrogen) atoms. The van der Waals surface area contributed by atoms with Crippen molar-refractivity contribution in [2.45, 2.75) is 116 Å². The van der Waals surface area contributed by atoms with Gasteiger partial charge in [-0.05, 0) is 90.8 Å². The summed E-state index contributed by atoms with van der Waals surface area (Å²) in [4.78, 5) is 29.6. The van der Waals surface area contributed by atoms with Gasteiger partial charge in [-0.3, -0.25) is 14.3 Å². The zero-order chi connectivity index (χ0) is 36.5. The number of anilines is 1. The molecule has 0 saturated carbocycles. The Kier molecular flexibility index (Phi) is 14.3. The van der Waals surface area contributed by atoms with E-state index in [9.17, 15) is 9.59 Å². The van der Waals surface area contributed by atoms with Crippen molar-refractivity contribution in [3.63, 3.8) is 0 Å². The molecule has 1 aromatic carbocycles. The molecule has 0 bridgehead atoms. The van der Waals surface area contributed by atoms with E-state index >= 15 is 0 Å². The van der Waals surface area contributed by atoms with E-state index in [1.807, 2.05) is 63.8 Å². The number of nitrogens with two attached hydrogens (primary N) is 1. The minimum Gasteiger partial charge on any atom is -0.457 e. The molecule has 9 atom stereocenters. The van der Waals surface area contributed by atoms with Gasteiger partial charge < -0.3 is 30.2 Å². The van der Waals surface area contributed by atoms with Crippen LogP contribution < -0.4 is 11.1 Å². The SMILES string of the molecule is B[C@@H]1[C@@H](C)C(=O)[C@@H](C)C(=O)O[C@H](CC)[C@@](C)(OC#C)[C@H](NCCCCn2cc(-c3cccc(N)c3)nn2)[C@@H](C)N(C)C[C@H](C)C[C@@]1(C)OC. The van der Waals surface area contributed by atoms with Gasteiger partial charge in [0.1, 0.15) is 37.5 Å². The largest absolute Gasteiger partial charge is 0.457 e. The maximum absolute atomic E-state index is 13.7. The molecule has 270 valence electrons. The summed E-state index contributed by atoms with van der Waals surface area (Å²) in [6, 6.07) is 7.20. The number of aryl methyl sites for hydroxylation is 1. The summed E-state index contributed by atoms with van der Waals surface area (Å²) in [6.07, 6.45) is 12.3. The number of ether oxygens (including phenoxy) is 3. The fraction of sp³-hybridized carbons (Fsp3) is 0.676. The molecule has 2 heterocycles. The normalized spacial score (nSPS) is 32.4. The summed E-state index contributed by atoms with van der Waals surface area (Å²) in [7, 11) is 5.84. The Morgan fingerprint density at radius 2 is 1.92 bits per heavy atom. The van der Waals surface area contributed by atoms with Crippen molar-refractivity contribution >= 4 is 25.3 Å². The highest BCUT2D eigenvalue weighted by atomic mass is 16.6. The first-order chi connectivity index (χ1) is 23.1. The van der Waals surface area contributed by atoms with E-state index in [0.717, 1.165) is 37.1 Å². The molecule has 12 heteroatoms. The van der Waals surface area contributed by atoms with Crippen LogP contribution in [0, 0.1) is 30.3 Å². The number of ketones is 1. The van der Waals surface area contributed by atoms with Gasteiger partial charge in [0.15, 0.2) is 5.60 Å². The maximum Gasteiger partial charge on any atom is 0.316 e. The lowest BCUT2D eigenvalue weighted by molar-refractivity contribution is -0.174. The second-order valence-corrected chi connectivity index (χ2v) is 14.6. The number of unbranched alkanes of at least 4 members (excludes halogenated alkanes) is 1. The van der Waals surface area contributed by atoms with E-state index in [2.05, 4.69) is 54.5 Å². The highest BCUT2D eigenvalue weighted by Gasteiger charge is 2.50. The van der Waals surface area contributed by atoms with Crippen molar-refractivity contribution < 1.29 is 23.8 Å². The molecule has 1 saturated heterocycles. The molecule has 1 aliphatic heterocycles. The summed E-state index contributed by atoms with van der Waals surface area (Å²) < 4.78 is 20.2. The Bertz CT molecular complexity index is 1430. The maximum atomic E-state index is 13.7. The van der Waals surface area contributed by atoms with Crippen LogP contribution in [0.1, 0.15) is 74.1 Å². The number of likely N-dealkylation sites (N-methyl/N-ethyl adjacent to an activating group) is 1. The van der Waals surface area contributed by atoms with Crippen LogP contribution in [0.5, 0.6) is 0 Å². The van der Waals surface area contributed by atoms with Gasteiger partial charge in [-0.25, -0.2) is 0 Å². The summed E-state index contributed by atoms with van der Waals surface area (Å²) in [5.41, 5.74) is 6.67. The van der Waals surface area contributed by atoms with E-state index in [4.69, 9.17) is 26.4 Å². The fourth-order valence-corrected chi connectivity index (χ4v) is 7.46. The third-order valence-electron chi connectivity index (χ3n) is 11.0. The molecule has 0 unspecified atom stereocenters. The van der Waals surface area contributed by atoms with Crippen LogP contribution in [-0.2, 0) is 30.3 Å². The monoisotopic (exact) mass is 678 g/mol. The van der Waals surface area contributed by atoms with Crippen molar-refractivity contribution in [2.24, 2.45) is 17.8 Å². The number of nitrogen functional groups attached to an aromatic ring is 1. The minimum atomic E-state index is -1.10. The van der Waals surface area contributed by atoms with E-state index in [1.165, 1.54) is 0 Å². The van der Waals surface area contributed by atoms with Crippen molar-refractivity contribution in [3.8, 4) is 23.8 Å². The molecule has 0 aliphatic carbocycles. The van der Waals surface area contributed by atoms with Crippen molar-refractivity contribution in [1.82, 2.24) is 25.2 Å². The number of aromatic nitrogens is 3. The predicted molar refractivity (Wildman–Crippen MR) is 196 cm³/mol. The Balaban J connectivity index is 1.86. The number of Topliss-reactive ketones (excluding diaryl/α,β-unsaturated/α-hetero) is 1. The quantitative estimate of drug-likeness (QED) is 0.0950. The van der Waals surface area contributed by atoms with Gasteiger partial charge in [-0.15, -0.1) is 5.10 Å². The molecule has 3 rings (SSSR count). The number of nitrogens with one attached hydrogen (secondary N) is 1. The number of hydrogen-bond donors (Lipinski definition) is 2. The molecule has 11 nitrogen and oxygen atoms in total. The van der Waals surface area contributed by atoms with E-state index in [1.54, 1.807) is 14.0 Å². The highest BCUT2D eigenvalue weighted by Crippen LogP contribution is 2.39. The number of rotatable bonds is 10. The predicted octanol–water partition coefficient (Wildman–Crippen LogP) is 3.98. The zero-order valence-corrected chi connectivity index (χ0v) is 31.4. The van der Waals surface area contributed by atoms with Crippen molar-refractivity contribution in [3.05, 3.63) is 30.5 Å². The van der Waals surface area contributed by atoms with Gasteiger partial charge in [-0.2, -0.15) is 0 Å². The molecular formula is C37H59BN6O5.